The summed E-state index contributed by atoms with van der Waals surface area (Å²) in [6, 6.07) is 10.7. The summed E-state index contributed by atoms with van der Waals surface area (Å²) in [5.74, 6) is 5.59. The Morgan fingerprint density at radius 1 is 1.29 bits per heavy atom. The van der Waals surface area contributed by atoms with Crippen LogP contribution in [0.5, 0.6) is 0 Å². The van der Waals surface area contributed by atoms with Crippen LogP contribution < -0.4 is 11.3 Å². The monoisotopic (exact) mass is 229 g/mol. The Morgan fingerprint density at radius 2 is 2.12 bits per heavy atom. The van der Waals surface area contributed by atoms with E-state index in [0.29, 0.717) is 0 Å². The number of hydrogen-bond donors (Lipinski definition) is 2. The predicted octanol–water partition coefficient (Wildman–Crippen LogP) is 2.85. The SMILES string of the molecule is CCCC(NN)c1ccc2nc(C)ccc2c1. The molecular formula is C14H19N3. The Bertz CT molecular complexity index is 508. The number of fused-ring (bicyclic) bond motifs is 1. The first-order valence-electron chi connectivity index (χ1n) is 6.08. The lowest BCUT2D eigenvalue weighted by atomic mass is 10.0. The van der Waals surface area contributed by atoms with Gasteiger partial charge in [-0.15, -0.1) is 0 Å². The van der Waals surface area contributed by atoms with E-state index >= 15 is 0 Å². The molecule has 0 spiro atoms. The molecule has 1 atom stereocenters. The van der Waals surface area contributed by atoms with Crippen LogP contribution in [0, 0.1) is 6.92 Å². The van der Waals surface area contributed by atoms with Crippen LogP contribution in [0.4, 0.5) is 0 Å². The maximum absolute atomic E-state index is 5.59. The number of benzene rings is 1. The van der Waals surface area contributed by atoms with Crippen LogP contribution in [0.15, 0.2) is 30.3 Å². The van der Waals surface area contributed by atoms with Crippen molar-refractivity contribution < 1.29 is 0 Å². The van der Waals surface area contributed by atoms with Crippen molar-refractivity contribution in [1.29, 1.82) is 0 Å². The molecule has 0 aliphatic carbocycles. The minimum absolute atomic E-state index is 0.228. The number of aromatic nitrogens is 1. The highest BCUT2D eigenvalue weighted by Crippen LogP contribution is 2.22. The molecule has 3 heteroatoms. The van der Waals surface area contributed by atoms with Gasteiger partial charge in [-0.05, 0) is 37.1 Å². The van der Waals surface area contributed by atoms with Crippen molar-refractivity contribution in [2.45, 2.75) is 32.7 Å². The van der Waals surface area contributed by atoms with Crippen LogP contribution >= 0.6 is 0 Å². The zero-order valence-corrected chi connectivity index (χ0v) is 10.4. The number of nitrogens with two attached hydrogens (primary N) is 1. The minimum Gasteiger partial charge on any atom is -0.271 e. The summed E-state index contributed by atoms with van der Waals surface area (Å²) >= 11 is 0. The van der Waals surface area contributed by atoms with E-state index in [0.717, 1.165) is 24.1 Å². The van der Waals surface area contributed by atoms with Crippen LogP contribution in [0.25, 0.3) is 10.9 Å². The second-order valence-electron chi connectivity index (χ2n) is 4.41. The Kier molecular flexibility index (Phi) is 3.71. The summed E-state index contributed by atoms with van der Waals surface area (Å²) in [6.07, 6.45) is 2.15. The highest BCUT2D eigenvalue weighted by Gasteiger charge is 2.08. The fourth-order valence-corrected chi connectivity index (χ4v) is 2.10. The van der Waals surface area contributed by atoms with Crippen LogP contribution in [-0.4, -0.2) is 4.98 Å². The van der Waals surface area contributed by atoms with E-state index in [1.165, 1.54) is 10.9 Å². The highest BCUT2D eigenvalue weighted by atomic mass is 15.2. The van der Waals surface area contributed by atoms with Crippen molar-refractivity contribution in [1.82, 2.24) is 10.4 Å². The van der Waals surface area contributed by atoms with Crippen molar-refractivity contribution in [3.8, 4) is 0 Å². The van der Waals surface area contributed by atoms with Gasteiger partial charge < -0.3 is 0 Å². The number of nitrogens with one attached hydrogen (secondary N) is 1. The minimum atomic E-state index is 0.228. The Morgan fingerprint density at radius 3 is 2.82 bits per heavy atom. The smallest absolute Gasteiger partial charge is 0.0705 e. The molecular weight excluding hydrogens is 210 g/mol. The van der Waals surface area contributed by atoms with E-state index in [-0.39, 0.29) is 6.04 Å². The van der Waals surface area contributed by atoms with Crippen molar-refractivity contribution in [2.75, 3.05) is 0 Å². The molecule has 0 amide bonds. The molecule has 0 saturated carbocycles. The van der Waals surface area contributed by atoms with E-state index in [2.05, 4.69) is 41.6 Å². The van der Waals surface area contributed by atoms with Gasteiger partial charge in [0.25, 0.3) is 0 Å². The van der Waals surface area contributed by atoms with Crippen molar-refractivity contribution >= 4 is 10.9 Å². The lowest BCUT2D eigenvalue weighted by molar-refractivity contribution is 0.510. The van der Waals surface area contributed by atoms with Crippen molar-refractivity contribution in [3.05, 3.63) is 41.6 Å². The molecule has 0 saturated heterocycles. The topological polar surface area (TPSA) is 50.9 Å². The highest BCUT2D eigenvalue weighted by molar-refractivity contribution is 5.79. The molecule has 1 heterocycles. The second-order valence-corrected chi connectivity index (χ2v) is 4.41. The first-order chi connectivity index (χ1) is 8.24. The summed E-state index contributed by atoms with van der Waals surface area (Å²) in [7, 11) is 0. The Labute approximate surface area is 102 Å². The molecule has 1 unspecified atom stereocenters. The molecule has 0 fully saturated rings. The van der Waals surface area contributed by atoms with Gasteiger partial charge in [-0.25, -0.2) is 0 Å². The molecule has 0 aliphatic heterocycles. The first-order valence-corrected chi connectivity index (χ1v) is 6.08. The number of hydrazine groups is 1. The molecule has 3 nitrogen and oxygen atoms in total. The van der Waals surface area contributed by atoms with Gasteiger partial charge in [0.1, 0.15) is 0 Å². The lowest BCUT2D eigenvalue weighted by Gasteiger charge is -2.15. The van der Waals surface area contributed by atoms with Crippen LogP contribution in [0.1, 0.15) is 37.1 Å². The van der Waals surface area contributed by atoms with Gasteiger partial charge in [-0.2, -0.15) is 0 Å². The molecule has 1 aromatic carbocycles. The van der Waals surface area contributed by atoms with E-state index in [4.69, 9.17) is 5.84 Å². The summed E-state index contributed by atoms with van der Waals surface area (Å²) in [5, 5.41) is 1.17. The fourth-order valence-electron chi connectivity index (χ4n) is 2.10. The number of nitrogens with zero attached hydrogens (tertiary/aromatic N) is 1. The molecule has 0 bridgehead atoms. The largest absolute Gasteiger partial charge is 0.271 e. The fraction of sp³-hybridized carbons (Fsp3) is 0.357. The molecule has 2 aromatic rings. The Hall–Kier alpha value is -1.45. The molecule has 0 radical (unpaired) electrons. The third kappa shape index (κ3) is 2.62. The number of aryl methyl sites for hydroxylation is 1. The summed E-state index contributed by atoms with van der Waals surface area (Å²) in [6.45, 7) is 4.17. The standard InChI is InChI=1S/C14H19N3/c1-3-4-14(17-15)12-7-8-13-11(9-12)6-5-10(2)16-13/h5-9,14,17H,3-4,15H2,1-2H3. The van der Waals surface area contributed by atoms with Gasteiger partial charge in [0.15, 0.2) is 0 Å². The average molecular weight is 229 g/mol. The van der Waals surface area contributed by atoms with Crippen LogP contribution in [0.2, 0.25) is 0 Å². The van der Waals surface area contributed by atoms with E-state index in [1.54, 1.807) is 0 Å². The third-order valence-electron chi connectivity index (χ3n) is 3.03. The maximum Gasteiger partial charge on any atom is 0.0705 e. The zero-order valence-electron chi connectivity index (χ0n) is 10.4. The van der Waals surface area contributed by atoms with E-state index in [9.17, 15) is 0 Å². The Balaban J connectivity index is 2.40. The summed E-state index contributed by atoms with van der Waals surface area (Å²) < 4.78 is 0. The average Bonchev–Trinajstić information content (AvgIpc) is 2.35. The predicted molar refractivity (Wildman–Crippen MR) is 71.5 cm³/mol. The molecule has 1 aromatic heterocycles. The quantitative estimate of drug-likeness (QED) is 0.626. The normalized spacial score (nSPS) is 12.9. The molecule has 3 N–H and O–H groups in total. The maximum atomic E-state index is 5.59. The van der Waals surface area contributed by atoms with E-state index in [1.807, 2.05) is 13.0 Å². The van der Waals surface area contributed by atoms with Gasteiger partial charge in [-0.1, -0.05) is 25.5 Å². The summed E-state index contributed by atoms with van der Waals surface area (Å²) in [4.78, 5) is 4.50. The third-order valence-corrected chi connectivity index (χ3v) is 3.03. The van der Waals surface area contributed by atoms with Gasteiger partial charge in [0.05, 0.1) is 5.52 Å². The summed E-state index contributed by atoms with van der Waals surface area (Å²) in [5.41, 5.74) is 6.20. The lowest BCUT2D eigenvalue weighted by Crippen LogP contribution is -2.27. The number of rotatable bonds is 4. The first kappa shape index (κ1) is 12.0. The van der Waals surface area contributed by atoms with Gasteiger partial charge in [0.2, 0.25) is 0 Å². The van der Waals surface area contributed by atoms with E-state index < -0.39 is 0 Å². The van der Waals surface area contributed by atoms with Crippen molar-refractivity contribution in [2.24, 2.45) is 5.84 Å². The molecule has 2 rings (SSSR count). The van der Waals surface area contributed by atoms with Gasteiger partial charge in [-0.3, -0.25) is 16.3 Å². The molecule has 17 heavy (non-hydrogen) atoms. The van der Waals surface area contributed by atoms with Gasteiger partial charge in [0, 0.05) is 17.1 Å². The number of pyridine rings is 1. The van der Waals surface area contributed by atoms with Crippen molar-refractivity contribution in [3.63, 3.8) is 0 Å². The second kappa shape index (κ2) is 5.25. The van der Waals surface area contributed by atoms with Crippen LogP contribution in [0.3, 0.4) is 0 Å². The molecule has 0 aliphatic rings. The molecule has 90 valence electrons. The van der Waals surface area contributed by atoms with Crippen LogP contribution in [-0.2, 0) is 0 Å². The van der Waals surface area contributed by atoms with Gasteiger partial charge >= 0.3 is 0 Å². The number of hydrogen-bond acceptors (Lipinski definition) is 3. The zero-order chi connectivity index (χ0) is 12.3.